The van der Waals surface area contributed by atoms with Crippen molar-refractivity contribution in [2.24, 2.45) is 0 Å². The maximum Gasteiger partial charge on any atom is 0.234 e. The molecule has 4 nitrogen and oxygen atoms in total. The summed E-state index contributed by atoms with van der Waals surface area (Å²) < 4.78 is 2.03. The third kappa shape index (κ3) is 5.13. The summed E-state index contributed by atoms with van der Waals surface area (Å²) in [5, 5.41) is 4.48. The number of halogens is 1. The minimum absolute atomic E-state index is 0.0407. The molecule has 3 rings (SSSR count). The zero-order valence-electron chi connectivity index (χ0n) is 14.7. The Balaban J connectivity index is 1.59. The Morgan fingerprint density at radius 2 is 1.85 bits per heavy atom. The molecule has 1 heterocycles. The first-order chi connectivity index (χ1) is 12.5. The fourth-order valence-corrected chi connectivity index (χ4v) is 3.60. The zero-order valence-corrected chi connectivity index (χ0v) is 16.3. The minimum atomic E-state index is -0.0407. The van der Waals surface area contributed by atoms with Crippen LogP contribution in [-0.2, 0) is 11.3 Å². The van der Waals surface area contributed by atoms with Crippen LogP contribution in [0.15, 0.2) is 60.0 Å². The van der Waals surface area contributed by atoms with Crippen LogP contribution in [0.25, 0.3) is 0 Å². The molecule has 0 radical (unpaired) electrons. The molecule has 134 valence electrons. The number of imidazole rings is 1. The Kier molecular flexibility index (Phi) is 6.01. The molecule has 1 aromatic heterocycles. The SMILES string of the molecule is Cc1cc(C)cc(NC(=O)CSc2nccn2Cc2ccc(Cl)cc2)c1. The lowest BCUT2D eigenvalue weighted by Crippen LogP contribution is -2.15. The van der Waals surface area contributed by atoms with Crippen LogP contribution in [0.1, 0.15) is 16.7 Å². The van der Waals surface area contributed by atoms with Crippen molar-refractivity contribution in [2.75, 3.05) is 11.1 Å². The highest BCUT2D eigenvalue weighted by Crippen LogP contribution is 2.19. The van der Waals surface area contributed by atoms with E-state index in [9.17, 15) is 4.79 Å². The third-order valence-electron chi connectivity index (χ3n) is 3.78. The number of carbonyl (C=O) groups excluding carboxylic acids is 1. The van der Waals surface area contributed by atoms with Crippen molar-refractivity contribution in [3.8, 4) is 0 Å². The van der Waals surface area contributed by atoms with E-state index in [4.69, 9.17) is 11.6 Å². The van der Waals surface area contributed by atoms with E-state index in [0.29, 0.717) is 12.3 Å². The lowest BCUT2D eigenvalue weighted by atomic mass is 10.1. The van der Waals surface area contributed by atoms with E-state index in [0.717, 1.165) is 32.6 Å². The lowest BCUT2D eigenvalue weighted by molar-refractivity contribution is -0.113. The van der Waals surface area contributed by atoms with Gasteiger partial charge in [-0.15, -0.1) is 0 Å². The van der Waals surface area contributed by atoms with Gasteiger partial charge in [0.25, 0.3) is 0 Å². The highest BCUT2D eigenvalue weighted by Gasteiger charge is 2.09. The van der Waals surface area contributed by atoms with Crippen LogP contribution in [0.3, 0.4) is 0 Å². The molecule has 1 amide bonds. The summed E-state index contributed by atoms with van der Waals surface area (Å²) in [7, 11) is 0. The number of nitrogens with one attached hydrogen (secondary N) is 1. The van der Waals surface area contributed by atoms with E-state index in [1.807, 2.05) is 61.0 Å². The van der Waals surface area contributed by atoms with E-state index in [1.165, 1.54) is 11.8 Å². The van der Waals surface area contributed by atoms with Gasteiger partial charge in [0, 0.05) is 29.6 Å². The van der Waals surface area contributed by atoms with Gasteiger partial charge in [-0.3, -0.25) is 4.79 Å². The molecule has 0 unspecified atom stereocenters. The molecule has 0 saturated heterocycles. The lowest BCUT2D eigenvalue weighted by Gasteiger charge is -2.09. The van der Waals surface area contributed by atoms with Crippen molar-refractivity contribution in [1.29, 1.82) is 0 Å². The number of amides is 1. The highest BCUT2D eigenvalue weighted by molar-refractivity contribution is 7.99. The molecule has 26 heavy (non-hydrogen) atoms. The molecule has 0 bridgehead atoms. The number of anilines is 1. The number of benzene rings is 2. The van der Waals surface area contributed by atoms with Crippen molar-refractivity contribution in [2.45, 2.75) is 25.5 Å². The quantitative estimate of drug-likeness (QED) is 0.612. The van der Waals surface area contributed by atoms with E-state index >= 15 is 0 Å². The second-order valence-corrected chi connectivity index (χ2v) is 7.56. The monoisotopic (exact) mass is 385 g/mol. The van der Waals surface area contributed by atoms with Gasteiger partial charge in [0.15, 0.2) is 5.16 Å². The van der Waals surface area contributed by atoms with Crippen molar-refractivity contribution in [3.05, 3.63) is 76.6 Å². The van der Waals surface area contributed by atoms with Crippen LogP contribution in [0.4, 0.5) is 5.69 Å². The Hall–Kier alpha value is -2.24. The summed E-state index contributed by atoms with van der Waals surface area (Å²) in [5.41, 5.74) is 4.23. The summed E-state index contributed by atoms with van der Waals surface area (Å²) in [5.74, 6) is 0.269. The number of aryl methyl sites for hydroxylation is 2. The number of nitrogens with zero attached hydrogens (tertiary/aromatic N) is 2. The van der Waals surface area contributed by atoms with E-state index in [1.54, 1.807) is 6.20 Å². The molecular weight excluding hydrogens is 366 g/mol. The second-order valence-electron chi connectivity index (χ2n) is 6.18. The first kappa shape index (κ1) is 18.5. The van der Waals surface area contributed by atoms with Crippen molar-refractivity contribution < 1.29 is 4.79 Å². The van der Waals surface area contributed by atoms with Crippen LogP contribution in [0.5, 0.6) is 0 Å². The summed E-state index contributed by atoms with van der Waals surface area (Å²) >= 11 is 7.35. The maximum atomic E-state index is 12.3. The largest absolute Gasteiger partial charge is 0.325 e. The fraction of sp³-hybridized carbons (Fsp3) is 0.200. The summed E-state index contributed by atoms with van der Waals surface area (Å²) in [6.45, 7) is 4.73. The number of rotatable bonds is 6. The van der Waals surface area contributed by atoms with Gasteiger partial charge >= 0.3 is 0 Å². The Labute approximate surface area is 162 Å². The van der Waals surface area contributed by atoms with Crippen molar-refractivity contribution in [3.63, 3.8) is 0 Å². The van der Waals surface area contributed by atoms with Crippen LogP contribution < -0.4 is 5.32 Å². The van der Waals surface area contributed by atoms with Crippen LogP contribution in [0.2, 0.25) is 5.02 Å². The second kappa shape index (κ2) is 8.43. The molecule has 0 fully saturated rings. The predicted octanol–water partition coefficient (Wildman–Crippen LogP) is 4.93. The summed E-state index contributed by atoms with van der Waals surface area (Å²) in [6.07, 6.45) is 3.67. The molecule has 0 saturated carbocycles. The van der Waals surface area contributed by atoms with Gasteiger partial charge in [-0.25, -0.2) is 4.98 Å². The van der Waals surface area contributed by atoms with Crippen LogP contribution in [0, 0.1) is 13.8 Å². The van der Waals surface area contributed by atoms with Crippen molar-refractivity contribution in [1.82, 2.24) is 9.55 Å². The topological polar surface area (TPSA) is 46.9 Å². The van der Waals surface area contributed by atoms with Gasteiger partial charge in [-0.05, 0) is 54.8 Å². The third-order valence-corrected chi connectivity index (χ3v) is 5.04. The summed E-state index contributed by atoms with van der Waals surface area (Å²) in [4.78, 5) is 16.6. The minimum Gasteiger partial charge on any atom is -0.325 e. The zero-order chi connectivity index (χ0) is 18.5. The number of thioether (sulfide) groups is 1. The van der Waals surface area contributed by atoms with Gasteiger partial charge in [0.05, 0.1) is 5.75 Å². The number of hydrogen-bond acceptors (Lipinski definition) is 3. The molecule has 2 aromatic carbocycles. The molecule has 0 spiro atoms. The maximum absolute atomic E-state index is 12.3. The van der Waals surface area contributed by atoms with Gasteiger partial charge in [0.2, 0.25) is 5.91 Å². The average Bonchev–Trinajstić information content (AvgIpc) is 3.01. The van der Waals surface area contributed by atoms with E-state index < -0.39 is 0 Å². The van der Waals surface area contributed by atoms with E-state index in [2.05, 4.69) is 16.4 Å². The van der Waals surface area contributed by atoms with Gasteiger partial charge in [-0.1, -0.05) is 41.6 Å². The average molecular weight is 386 g/mol. The molecule has 0 aliphatic heterocycles. The fourth-order valence-electron chi connectivity index (χ4n) is 2.72. The van der Waals surface area contributed by atoms with Crippen LogP contribution >= 0.6 is 23.4 Å². The molecule has 1 N–H and O–H groups in total. The number of hydrogen-bond donors (Lipinski definition) is 1. The first-order valence-electron chi connectivity index (χ1n) is 8.26. The van der Waals surface area contributed by atoms with Gasteiger partial charge in [0.1, 0.15) is 0 Å². The Morgan fingerprint density at radius 3 is 2.54 bits per heavy atom. The van der Waals surface area contributed by atoms with Crippen molar-refractivity contribution >= 4 is 35.0 Å². The highest BCUT2D eigenvalue weighted by atomic mass is 35.5. The van der Waals surface area contributed by atoms with Crippen LogP contribution in [-0.4, -0.2) is 21.2 Å². The van der Waals surface area contributed by atoms with Gasteiger partial charge in [-0.2, -0.15) is 0 Å². The van der Waals surface area contributed by atoms with E-state index in [-0.39, 0.29) is 5.91 Å². The molecule has 0 atom stereocenters. The Morgan fingerprint density at radius 1 is 1.15 bits per heavy atom. The van der Waals surface area contributed by atoms with Gasteiger partial charge < -0.3 is 9.88 Å². The Bertz CT molecular complexity index is 885. The number of aromatic nitrogens is 2. The predicted molar refractivity (Wildman–Crippen MR) is 108 cm³/mol. The smallest absolute Gasteiger partial charge is 0.234 e. The molecule has 6 heteroatoms. The molecular formula is C20H20ClN3OS. The normalized spacial score (nSPS) is 10.7. The molecule has 3 aromatic rings. The first-order valence-corrected chi connectivity index (χ1v) is 9.62. The standard InChI is InChI=1S/C20H20ClN3OS/c1-14-9-15(2)11-18(10-14)23-19(25)13-26-20-22-7-8-24(20)12-16-3-5-17(21)6-4-16/h3-11H,12-13H2,1-2H3,(H,23,25). The summed E-state index contributed by atoms with van der Waals surface area (Å²) in [6, 6.07) is 13.7. The number of carbonyl (C=O) groups is 1. The molecule has 0 aliphatic rings. The molecule has 0 aliphatic carbocycles.